The number of hydrogen-bond acceptors (Lipinski definition) is 3. The number of pyridine rings is 1. The third-order valence-electron chi connectivity index (χ3n) is 2.87. The number of rotatable bonds is 4. The van der Waals surface area contributed by atoms with Gasteiger partial charge in [0, 0.05) is 6.20 Å². The molecule has 2 unspecified atom stereocenters. The van der Waals surface area contributed by atoms with Gasteiger partial charge in [0.05, 0.1) is 11.7 Å². The van der Waals surface area contributed by atoms with E-state index in [4.69, 9.17) is 0 Å². The number of hydrogen-bond donors (Lipinski definition) is 2. The summed E-state index contributed by atoms with van der Waals surface area (Å²) >= 11 is 0. The van der Waals surface area contributed by atoms with E-state index in [1.807, 2.05) is 6.07 Å². The van der Waals surface area contributed by atoms with E-state index in [1.165, 1.54) is 0 Å². The quantitative estimate of drug-likeness (QED) is 0.815. The molecule has 104 valence electrons. The third-order valence-corrected chi connectivity index (χ3v) is 2.87. The molecule has 0 fully saturated rings. The van der Waals surface area contributed by atoms with Gasteiger partial charge in [0.1, 0.15) is 5.92 Å². The van der Waals surface area contributed by atoms with Crippen LogP contribution in [0.4, 0.5) is 0 Å². The number of amides is 1. The molecule has 0 aliphatic carbocycles. The molecule has 0 aromatic carbocycles. The number of aliphatic carboxylic acids is 1. The summed E-state index contributed by atoms with van der Waals surface area (Å²) in [6, 6.07) is 5.08. The van der Waals surface area contributed by atoms with E-state index >= 15 is 0 Å². The first kappa shape index (κ1) is 15.1. The molecule has 1 aromatic heterocycles. The minimum absolute atomic E-state index is 0.321. The lowest BCUT2D eigenvalue weighted by Crippen LogP contribution is -2.43. The lowest BCUT2D eigenvalue weighted by molar-refractivity contribution is -0.151. The number of carboxylic acid groups (broad SMARTS) is 1. The van der Waals surface area contributed by atoms with Crippen LogP contribution in [-0.4, -0.2) is 22.0 Å². The average molecular weight is 264 g/mol. The van der Waals surface area contributed by atoms with Gasteiger partial charge in [-0.1, -0.05) is 26.8 Å². The molecule has 5 nitrogen and oxygen atoms in total. The van der Waals surface area contributed by atoms with Gasteiger partial charge in [-0.15, -0.1) is 0 Å². The van der Waals surface area contributed by atoms with Gasteiger partial charge in [-0.3, -0.25) is 14.6 Å². The van der Waals surface area contributed by atoms with E-state index in [0.717, 1.165) is 0 Å². The molecule has 0 aliphatic rings. The maximum Gasteiger partial charge on any atom is 0.316 e. The highest BCUT2D eigenvalue weighted by molar-refractivity contribution is 5.97. The van der Waals surface area contributed by atoms with Gasteiger partial charge in [0.25, 0.3) is 0 Å². The SMILES string of the molecule is CC(NC(=O)C(C(=O)O)C(C)(C)C)c1ccccn1. The van der Waals surface area contributed by atoms with Gasteiger partial charge >= 0.3 is 5.97 Å². The summed E-state index contributed by atoms with van der Waals surface area (Å²) in [5.41, 5.74) is 0.0635. The molecule has 0 spiro atoms. The molecule has 0 saturated heterocycles. The lowest BCUT2D eigenvalue weighted by Gasteiger charge is -2.27. The second-order valence-electron chi connectivity index (χ2n) is 5.62. The summed E-state index contributed by atoms with van der Waals surface area (Å²) in [6.07, 6.45) is 1.64. The van der Waals surface area contributed by atoms with Crippen molar-refractivity contribution < 1.29 is 14.7 Å². The Morgan fingerprint density at radius 3 is 2.37 bits per heavy atom. The van der Waals surface area contributed by atoms with Crippen molar-refractivity contribution in [1.29, 1.82) is 0 Å². The minimum Gasteiger partial charge on any atom is -0.481 e. The van der Waals surface area contributed by atoms with Gasteiger partial charge in [-0.25, -0.2) is 0 Å². The number of carbonyl (C=O) groups excluding carboxylic acids is 1. The summed E-state index contributed by atoms with van der Waals surface area (Å²) in [5.74, 6) is -2.69. The van der Waals surface area contributed by atoms with Crippen molar-refractivity contribution >= 4 is 11.9 Å². The third kappa shape index (κ3) is 4.05. The molecular formula is C14H20N2O3. The molecule has 0 saturated carbocycles. The van der Waals surface area contributed by atoms with Crippen LogP contribution in [-0.2, 0) is 9.59 Å². The Bertz CT molecular complexity index is 452. The Balaban J connectivity index is 2.81. The number of nitrogens with zero attached hydrogens (tertiary/aromatic N) is 1. The van der Waals surface area contributed by atoms with Gasteiger partial charge in [0.2, 0.25) is 5.91 Å². The Kier molecular flexibility index (Phi) is 4.64. The summed E-state index contributed by atoms with van der Waals surface area (Å²) in [6.45, 7) is 6.98. The monoisotopic (exact) mass is 264 g/mol. The Morgan fingerprint density at radius 1 is 1.32 bits per heavy atom. The molecule has 0 bridgehead atoms. The van der Waals surface area contributed by atoms with E-state index in [2.05, 4.69) is 10.3 Å². The van der Waals surface area contributed by atoms with Crippen LogP contribution in [0.3, 0.4) is 0 Å². The molecule has 1 heterocycles. The van der Waals surface area contributed by atoms with Crippen molar-refractivity contribution in [3.05, 3.63) is 30.1 Å². The zero-order valence-corrected chi connectivity index (χ0v) is 11.7. The van der Waals surface area contributed by atoms with Crippen LogP contribution in [0.25, 0.3) is 0 Å². The van der Waals surface area contributed by atoms with Crippen molar-refractivity contribution in [2.75, 3.05) is 0 Å². The molecule has 1 amide bonds. The normalized spacial score (nSPS) is 14.5. The molecule has 5 heteroatoms. The Morgan fingerprint density at radius 2 is 1.95 bits per heavy atom. The van der Waals surface area contributed by atoms with Crippen LogP contribution in [0.1, 0.15) is 39.4 Å². The van der Waals surface area contributed by atoms with E-state index in [9.17, 15) is 14.7 Å². The van der Waals surface area contributed by atoms with Crippen LogP contribution in [0.5, 0.6) is 0 Å². The molecule has 0 radical (unpaired) electrons. The molecule has 0 aliphatic heterocycles. The number of aromatic nitrogens is 1. The summed E-state index contributed by atoms with van der Waals surface area (Å²) in [5, 5.41) is 11.9. The summed E-state index contributed by atoms with van der Waals surface area (Å²) < 4.78 is 0. The van der Waals surface area contributed by atoms with Crippen LogP contribution >= 0.6 is 0 Å². The number of carboxylic acids is 1. The van der Waals surface area contributed by atoms with Crippen LogP contribution in [0, 0.1) is 11.3 Å². The predicted octanol–water partition coefficient (Wildman–Crippen LogP) is 2.01. The molecule has 1 rings (SSSR count). The molecule has 19 heavy (non-hydrogen) atoms. The fourth-order valence-corrected chi connectivity index (χ4v) is 1.88. The first-order valence-electron chi connectivity index (χ1n) is 6.17. The Labute approximate surface area is 113 Å². The van der Waals surface area contributed by atoms with Gasteiger partial charge in [-0.2, -0.15) is 0 Å². The highest BCUT2D eigenvalue weighted by atomic mass is 16.4. The maximum atomic E-state index is 12.1. The van der Waals surface area contributed by atoms with Crippen molar-refractivity contribution in [1.82, 2.24) is 10.3 Å². The number of nitrogens with one attached hydrogen (secondary N) is 1. The number of carbonyl (C=O) groups is 2. The van der Waals surface area contributed by atoms with Crippen LogP contribution in [0.15, 0.2) is 24.4 Å². The molecule has 1 aromatic rings. The standard InChI is InChI=1S/C14H20N2O3/c1-9(10-7-5-6-8-15-10)16-12(17)11(13(18)19)14(2,3)4/h5-9,11H,1-4H3,(H,16,17)(H,18,19). The Hall–Kier alpha value is -1.91. The van der Waals surface area contributed by atoms with Gasteiger partial charge in [-0.05, 0) is 24.5 Å². The van der Waals surface area contributed by atoms with E-state index in [0.29, 0.717) is 5.69 Å². The van der Waals surface area contributed by atoms with Gasteiger partial charge in [0.15, 0.2) is 0 Å². The topological polar surface area (TPSA) is 79.3 Å². The van der Waals surface area contributed by atoms with Crippen molar-refractivity contribution in [2.45, 2.75) is 33.7 Å². The molecular weight excluding hydrogens is 244 g/mol. The predicted molar refractivity (Wildman–Crippen MR) is 71.4 cm³/mol. The summed E-state index contributed by atoms with van der Waals surface area (Å²) in [4.78, 5) is 27.5. The molecule has 2 N–H and O–H groups in total. The average Bonchev–Trinajstić information content (AvgIpc) is 2.27. The molecule has 2 atom stereocenters. The highest BCUT2D eigenvalue weighted by Gasteiger charge is 2.38. The largest absolute Gasteiger partial charge is 0.481 e. The minimum atomic E-state index is -1.11. The maximum absolute atomic E-state index is 12.1. The van der Waals surface area contributed by atoms with Gasteiger partial charge < -0.3 is 10.4 Å². The van der Waals surface area contributed by atoms with E-state index in [-0.39, 0.29) is 6.04 Å². The zero-order chi connectivity index (χ0) is 14.6. The van der Waals surface area contributed by atoms with Crippen molar-refractivity contribution in [2.24, 2.45) is 11.3 Å². The first-order valence-corrected chi connectivity index (χ1v) is 6.17. The van der Waals surface area contributed by atoms with Crippen molar-refractivity contribution in [3.8, 4) is 0 Å². The van der Waals surface area contributed by atoms with Crippen LogP contribution < -0.4 is 5.32 Å². The second-order valence-corrected chi connectivity index (χ2v) is 5.62. The highest BCUT2D eigenvalue weighted by Crippen LogP contribution is 2.27. The summed E-state index contributed by atoms with van der Waals surface area (Å²) in [7, 11) is 0. The smallest absolute Gasteiger partial charge is 0.316 e. The lowest BCUT2D eigenvalue weighted by atomic mass is 9.80. The van der Waals surface area contributed by atoms with Crippen LogP contribution in [0.2, 0.25) is 0 Å². The van der Waals surface area contributed by atoms with E-state index < -0.39 is 23.2 Å². The van der Waals surface area contributed by atoms with Crippen molar-refractivity contribution in [3.63, 3.8) is 0 Å². The van der Waals surface area contributed by atoms with E-state index in [1.54, 1.807) is 46.0 Å². The fraction of sp³-hybridized carbons (Fsp3) is 0.500. The zero-order valence-electron chi connectivity index (χ0n) is 11.7. The first-order chi connectivity index (χ1) is 8.73. The second kappa shape index (κ2) is 5.82. The fourth-order valence-electron chi connectivity index (χ4n) is 1.88.